The van der Waals surface area contributed by atoms with E-state index < -0.39 is 0 Å². The van der Waals surface area contributed by atoms with Crippen molar-refractivity contribution in [3.8, 4) is 0 Å². The highest BCUT2D eigenvalue weighted by Crippen LogP contribution is 2.24. The van der Waals surface area contributed by atoms with Crippen molar-refractivity contribution in [3.05, 3.63) is 24.2 Å². The molecule has 0 saturated carbocycles. The largest absolute Gasteiger partial charge is 0.371 e. The molecule has 1 amide bonds. The fraction of sp³-hybridized carbons (Fsp3) is 0.562. The minimum absolute atomic E-state index is 0.0123. The van der Waals surface area contributed by atoms with Gasteiger partial charge in [0.15, 0.2) is 5.65 Å². The van der Waals surface area contributed by atoms with Gasteiger partial charge in [0.2, 0.25) is 5.91 Å². The van der Waals surface area contributed by atoms with Gasteiger partial charge in [-0.05, 0) is 17.5 Å². The Morgan fingerprint density at radius 3 is 3.09 bits per heavy atom. The normalized spacial score (nSPS) is 18.2. The number of carbonyl (C=O) groups is 1. The quantitative estimate of drug-likeness (QED) is 0.942. The molecule has 0 aromatic carbocycles. The average Bonchev–Trinajstić information content (AvgIpc) is 2.82. The summed E-state index contributed by atoms with van der Waals surface area (Å²) in [5, 5.41) is 3.01. The Morgan fingerprint density at radius 2 is 2.32 bits per heavy atom. The summed E-state index contributed by atoms with van der Waals surface area (Å²) in [5.41, 5.74) is 1.71. The lowest BCUT2D eigenvalue weighted by molar-refractivity contribution is -0.123. The molecule has 0 spiro atoms. The van der Waals surface area contributed by atoms with Gasteiger partial charge in [-0.15, -0.1) is 0 Å². The van der Waals surface area contributed by atoms with E-state index in [2.05, 4.69) is 40.6 Å². The second-order valence-corrected chi connectivity index (χ2v) is 6.95. The van der Waals surface area contributed by atoms with Crippen molar-refractivity contribution < 1.29 is 9.53 Å². The standard InChI is InChI=1S/C16H22N4O2/c1-16(2,3)7-14(21)18-8-11-9-22-10-13-19-12-5-4-6-17-15(12)20(11)13/h4-6,11H,7-10H2,1-3H3,(H,18,21). The van der Waals surface area contributed by atoms with Crippen LogP contribution in [0.1, 0.15) is 39.1 Å². The van der Waals surface area contributed by atoms with Gasteiger partial charge in [-0.2, -0.15) is 0 Å². The second kappa shape index (κ2) is 5.68. The molecule has 6 nitrogen and oxygen atoms in total. The van der Waals surface area contributed by atoms with Crippen LogP contribution in [0.15, 0.2) is 18.3 Å². The van der Waals surface area contributed by atoms with Crippen molar-refractivity contribution in [2.45, 2.75) is 39.8 Å². The van der Waals surface area contributed by atoms with Crippen molar-refractivity contribution in [2.24, 2.45) is 5.41 Å². The summed E-state index contributed by atoms with van der Waals surface area (Å²) in [4.78, 5) is 21.0. The molecule has 1 N–H and O–H groups in total. The highest BCUT2D eigenvalue weighted by molar-refractivity contribution is 5.76. The van der Waals surface area contributed by atoms with Gasteiger partial charge >= 0.3 is 0 Å². The molecular weight excluding hydrogens is 280 g/mol. The van der Waals surface area contributed by atoms with Crippen LogP contribution in [-0.4, -0.2) is 33.6 Å². The first kappa shape index (κ1) is 15.0. The zero-order chi connectivity index (χ0) is 15.7. The van der Waals surface area contributed by atoms with Crippen LogP contribution in [0.2, 0.25) is 0 Å². The molecular formula is C16H22N4O2. The van der Waals surface area contributed by atoms with E-state index in [-0.39, 0.29) is 17.4 Å². The molecule has 0 saturated heterocycles. The molecule has 2 aromatic heterocycles. The number of amides is 1. The lowest BCUT2D eigenvalue weighted by Gasteiger charge is -2.26. The van der Waals surface area contributed by atoms with Gasteiger partial charge in [-0.3, -0.25) is 4.79 Å². The predicted molar refractivity (Wildman–Crippen MR) is 83.3 cm³/mol. The van der Waals surface area contributed by atoms with Crippen molar-refractivity contribution in [1.29, 1.82) is 0 Å². The highest BCUT2D eigenvalue weighted by Gasteiger charge is 2.25. The van der Waals surface area contributed by atoms with Crippen LogP contribution in [-0.2, 0) is 16.1 Å². The Labute approximate surface area is 129 Å². The number of nitrogens with zero attached hydrogens (tertiary/aromatic N) is 3. The van der Waals surface area contributed by atoms with Crippen molar-refractivity contribution in [2.75, 3.05) is 13.2 Å². The molecule has 3 rings (SSSR count). The third-order valence-corrected chi connectivity index (χ3v) is 3.65. The van der Waals surface area contributed by atoms with E-state index in [1.807, 2.05) is 12.1 Å². The minimum Gasteiger partial charge on any atom is -0.371 e. The summed E-state index contributed by atoms with van der Waals surface area (Å²) in [6.07, 6.45) is 2.28. The smallest absolute Gasteiger partial charge is 0.220 e. The predicted octanol–water partition coefficient (Wildman–Crippen LogP) is 2.05. The second-order valence-electron chi connectivity index (χ2n) is 6.95. The maximum Gasteiger partial charge on any atom is 0.220 e. The number of rotatable bonds is 3. The molecule has 6 heteroatoms. The first-order valence-corrected chi connectivity index (χ1v) is 7.60. The van der Waals surface area contributed by atoms with Gasteiger partial charge in [-0.25, -0.2) is 9.97 Å². The van der Waals surface area contributed by atoms with Gasteiger partial charge in [-0.1, -0.05) is 20.8 Å². The minimum atomic E-state index is -0.0123. The van der Waals surface area contributed by atoms with E-state index in [4.69, 9.17) is 4.74 Å². The number of fused-ring (bicyclic) bond motifs is 3. The van der Waals surface area contributed by atoms with Gasteiger partial charge in [0.25, 0.3) is 0 Å². The fourth-order valence-electron chi connectivity index (χ4n) is 2.75. The summed E-state index contributed by atoms with van der Waals surface area (Å²) in [6, 6.07) is 3.86. The molecule has 0 radical (unpaired) electrons. The molecule has 1 atom stereocenters. The van der Waals surface area contributed by atoms with Crippen LogP contribution in [0.3, 0.4) is 0 Å². The Bertz CT molecular complexity index is 687. The van der Waals surface area contributed by atoms with Crippen LogP contribution in [0.5, 0.6) is 0 Å². The van der Waals surface area contributed by atoms with Crippen LogP contribution >= 0.6 is 0 Å². The Morgan fingerprint density at radius 1 is 1.50 bits per heavy atom. The van der Waals surface area contributed by atoms with Crippen LogP contribution in [0, 0.1) is 5.41 Å². The first-order chi connectivity index (χ1) is 10.4. The van der Waals surface area contributed by atoms with Crippen molar-refractivity contribution in [1.82, 2.24) is 19.9 Å². The fourth-order valence-corrected chi connectivity index (χ4v) is 2.75. The summed E-state index contributed by atoms with van der Waals surface area (Å²) in [6.45, 7) is 7.75. The number of hydrogen-bond donors (Lipinski definition) is 1. The number of aromatic nitrogens is 3. The Hall–Kier alpha value is -1.95. The SMILES string of the molecule is CC(C)(C)CC(=O)NCC1COCc2nc3cccnc3n21. The zero-order valence-corrected chi connectivity index (χ0v) is 13.3. The van der Waals surface area contributed by atoms with Crippen LogP contribution in [0.25, 0.3) is 11.2 Å². The summed E-state index contributed by atoms with van der Waals surface area (Å²) in [5.74, 6) is 0.937. The number of ether oxygens (including phenoxy) is 1. The zero-order valence-electron chi connectivity index (χ0n) is 13.3. The Kier molecular flexibility index (Phi) is 3.87. The van der Waals surface area contributed by atoms with E-state index in [1.54, 1.807) is 6.20 Å². The number of carbonyl (C=O) groups excluding carboxylic acids is 1. The lowest BCUT2D eigenvalue weighted by Crippen LogP contribution is -2.37. The molecule has 1 aliphatic heterocycles. The van der Waals surface area contributed by atoms with Crippen molar-refractivity contribution >= 4 is 17.1 Å². The third-order valence-electron chi connectivity index (χ3n) is 3.65. The maximum atomic E-state index is 12.0. The number of nitrogens with one attached hydrogen (secondary N) is 1. The van der Waals surface area contributed by atoms with Gasteiger partial charge < -0.3 is 14.6 Å². The lowest BCUT2D eigenvalue weighted by atomic mass is 9.92. The summed E-state index contributed by atoms with van der Waals surface area (Å²) in [7, 11) is 0. The number of imidazole rings is 1. The van der Waals surface area contributed by atoms with Crippen LogP contribution in [0.4, 0.5) is 0 Å². The molecule has 3 heterocycles. The summed E-state index contributed by atoms with van der Waals surface area (Å²) < 4.78 is 7.70. The maximum absolute atomic E-state index is 12.0. The number of hydrogen-bond acceptors (Lipinski definition) is 4. The van der Waals surface area contributed by atoms with Gasteiger partial charge in [0.1, 0.15) is 17.9 Å². The molecule has 2 aromatic rings. The third kappa shape index (κ3) is 3.11. The van der Waals surface area contributed by atoms with E-state index in [0.717, 1.165) is 17.0 Å². The molecule has 22 heavy (non-hydrogen) atoms. The molecule has 0 fully saturated rings. The van der Waals surface area contributed by atoms with Gasteiger partial charge in [0.05, 0.1) is 12.6 Å². The average molecular weight is 302 g/mol. The van der Waals surface area contributed by atoms with E-state index >= 15 is 0 Å². The van der Waals surface area contributed by atoms with E-state index in [1.165, 1.54) is 0 Å². The Balaban J connectivity index is 1.76. The summed E-state index contributed by atoms with van der Waals surface area (Å²) >= 11 is 0. The molecule has 1 aliphatic rings. The topological polar surface area (TPSA) is 69.0 Å². The monoisotopic (exact) mass is 302 g/mol. The molecule has 1 unspecified atom stereocenters. The van der Waals surface area contributed by atoms with E-state index in [9.17, 15) is 4.79 Å². The van der Waals surface area contributed by atoms with Gasteiger partial charge in [0, 0.05) is 19.2 Å². The van der Waals surface area contributed by atoms with E-state index in [0.29, 0.717) is 26.2 Å². The first-order valence-electron chi connectivity index (χ1n) is 7.60. The molecule has 118 valence electrons. The highest BCUT2D eigenvalue weighted by atomic mass is 16.5. The molecule has 0 bridgehead atoms. The molecule has 0 aliphatic carbocycles. The number of pyridine rings is 1. The van der Waals surface area contributed by atoms with Crippen LogP contribution < -0.4 is 5.32 Å². The van der Waals surface area contributed by atoms with Crippen molar-refractivity contribution in [3.63, 3.8) is 0 Å².